The number of furan rings is 1. The van der Waals surface area contributed by atoms with Crippen LogP contribution in [0.25, 0.3) is 21.9 Å². The minimum absolute atomic E-state index is 0.807. The van der Waals surface area contributed by atoms with Crippen LogP contribution in [0.4, 0.5) is 0 Å². The number of hydrogen-bond acceptors (Lipinski definition) is 1. The Morgan fingerprint density at radius 3 is 1.95 bits per heavy atom. The molecule has 0 bridgehead atoms. The van der Waals surface area contributed by atoms with Gasteiger partial charge in [0, 0.05) is 33.1 Å². The van der Waals surface area contributed by atoms with Gasteiger partial charge in [0.15, 0.2) is 5.58 Å². The van der Waals surface area contributed by atoms with Gasteiger partial charge in [-0.3, -0.25) is 0 Å². The summed E-state index contributed by atoms with van der Waals surface area (Å²) in [5.41, 5.74) is 1.62. The van der Waals surface area contributed by atoms with Crippen LogP contribution < -0.4 is 0 Å². The zero-order valence-corrected chi connectivity index (χ0v) is 18.3. The second-order valence-electron chi connectivity index (χ2n) is 3.82. The molecule has 0 radical (unpaired) electrons. The van der Waals surface area contributed by atoms with Crippen LogP contribution in [0.15, 0.2) is 43.4 Å². The van der Waals surface area contributed by atoms with E-state index in [9.17, 15) is 0 Å². The molecular weight excluding hydrogens is 640 g/mol. The van der Waals surface area contributed by atoms with Crippen LogP contribution in [0.5, 0.6) is 0 Å². The Balaban J connectivity index is 2.66. The predicted molar refractivity (Wildman–Crippen MR) is 99.9 cm³/mol. The van der Waals surface area contributed by atoms with E-state index in [1.165, 1.54) is 0 Å². The Labute approximate surface area is 159 Å². The van der Waals surface area contributed by atoms with Gasteiger partial charge in [0.2, 0.25) is 0 Å². The molecular formula is C12H2Br6O. The molecule has 1 nitrogen and oxygen atoms in total. The maximum absolute atomic E-state index is 5.97. The highest BCUT2D eigenvalue weighted by Gasteiger charge is 2.20. The quantitative estimate of drug-likeness (QED) is 0.178. The van der Waals surface area contributed by atoms with E-state index < -0.39 is 0 Å². The van der Waals surface area contributed by atoms with Crippen LogP contribution >= 0.6 is 95.6 Å². The largest absolute Gasteiger partial charge is 0.455 e. The number of hydrogen-bond donors (Lipinski definition) is 0. The first-order valence-corrected chi connectivity index (χ1v) is 9.70. The lowest BCUT2D eigenvalue weighted by molar-refractivity contribution is 0.666. The molecule has 3 rings (SSSR count). The third kappa shape index (κ3) is 2.32. The zero-order valence-electron chi connectivity index (χ0n) is 8.83. The maximum atomic E-state index is 5.97. The van der Waals surface area contributed by atoms with Gasteiger partial charge in [-0.05, 0) is 108 Å². The minimum Gasteiger partial charge on any atom is -0.455 e. The van der Waals surface area contributed by atoms with Crippen LogP contribution in [0.2, 0.25) is 0 Å². The second-order valence-corrected chi connectivity index (χ2v) is 8.76. The number of fused-ring (bicyclic) bond motifs is 3. The molecule has 1 heterocycles. The van der Waals surface area contributed by atoms with Crippen molar-refractivity contribution in [1.29, 1.82) is 0 Å². The van der Waals surface area contributed by atoms with Gasteiger partial charge in [-0.1, -0.05) is 0 Å². The monoisotopic (exact) mass is 636 g/mol. The van der Waals surface area contributed by atoms with Crippen molar-refractivity contribution >= 4 is 118 Å². The molecule has 0 amide bonds. The molecule has 0 fully saturated rings. The lowest BCUT2D eigenvalue weighted by Gasteiger charge is -2.03. The molecule has 0 aliphatic rings. The lowest BCUT2D eigenvalue weighted by Crippen LogP contribution is -1.78. The van der Waals surface area contributed by atoms with Crippen molar-refractivity contribution in [3.05, 3.63) is 39.0 Å². The summed E-state index contributed by atoms with van der Waals surface area (Å²) in [6, 6.07) is 3.96. The topological polar surface area (TPSA) is 13.1 Å². The average molecular weight is 642 g/mol. The van der Waals surface area contributed by atoms with Crippen molar-refractivity contribution < 1.29 is 4.42 Å². The molecule has 2 aromatic carbocycles. The van der Waals surface area contributed by atoms with Gasteiger partial charge in [-0.2, -0.15) is 0 Å². The van der Waals surface area contributed by atoms with E-state index in [4.69, 9.17) is 4.42 Å². The molecule has 0 N–H and O–H groups in total. The van der Waals surface area contributed by atoms with Crippen LogP contribution in [0, 0.1) is 0 Å². The molecule has 7 heteroatoms. The van der Waals surface area contributed by atoms with Crippen molar-refractivity contribution in [3.63, 3.8) is 0 Å². The molecule has 1 aromatic heterocycles. The van der Waals surface area contributed by atoms with E-state index in [0.29, 0.717) is 0 Å². The van der Waals surface area contributed by atoms with Crippen molar-refractivity contribution in [2.24, 2.45) is 0 Å². The summed E-state index contributed by atoms with van der Waals surface area (Å²) < 4.78 is 11.7. The zero-order chi connectivity index (χ0) is 13.9. The molecule has 0 aliphatic carbocycles. The number of rotatable bonds is 0. The number of benzene rings is 2. The Morgan fingerprint density at radius 1 is 0.632 bits per heavy atom. The molecule has 0 saturated heterocycles. The van der Waals surface area contributed by atoms with Gasteiger partial charge >= 0.3 is 0 Å². The first kappa shape index (κ1) is 15.0. The number of halogens is 6. The summed E-state index contributed by atoms with van der Waals surface area (Å²) in [6.45, 7) is 0. The minimum atomic E-state index is 0.807. The molecule has 19 heavy (non-hydrogen) atoms. The Hall–Kier alpha value is 1.12. The summed E-state index contributed by atoms with van der Waals surface area (Å²) in [5.74, 6) is 0. The standard InChI is InChI=1S/C12H2Br6O/c13-3-1-4(14)10(17)12-7(3)8-6(19-12)2-5(15)9(16)11(8)18/h1-2H. The summed E-state index contributed by atoms with van der Waals surface area (Å²) in [4.78, 5) is 0. The second kappa shape index (κ2) is 5.39. The van der Waals surface area contributed by atoms with Gasteiger partial charge in [-0.15, -0.1) is 0 Å². The fourth-order valence-electron chi connectivity index (χ4n) is 1.90. The summed E-state index contributed by atoms with van der Waals surface area (Å²) in [6.07, 6.45) is 0. The van der Waals surface area contributed by atoms with Crippen molar-refractivity contribution in [1.82, 2.24) is 0 Å². The Bertz CT molecular complexity index is 836. The third-order valence-corrected chi connectivity index (χ3v) is 8.59. The van der Waals surface area contributed by atoms with E-state index in [2.05, 4.69) is 95.6 Å². The molecule has 0 saturated carbocycles. The fourth-order valence-corrected chi connectivity index (χ4v) is 5.21. The van der Waals surface area contributed by atoms with E-state index in [0.717, 1.165) is 48.8 Å². The first-order chi connectivity index (χ1) is 8.91. The van der Waals surface area contributed by atoms with E-state index in [1.807, 2.05) is 12.1 Å². The average Bonchev–Trinajstić information content (AvgIpc) is 2.73. The molecule has 0 atom stereocenters. The van der Waals surface area contributed by atoms with Gasteiger partial charge in [0.05, 0.1) is 4.47 Å². The van der Waals surface area contributed by atoms with Crippen molar-refractivity contribution in [2.75, 3.05) is 0 Å². The maximum Gasteiger partial charge on any atom is 0.151 e. The smallest absolute Gasteiger partial charge is 0.151 e. The summed E-state index contributed by atoms with van der Waals surface area (Å²) in [5, 5.41) is 2.07. The molecule has 0 aliphatic heterocycles. The van der Waals surface area contributed by atoms with E-state index in [-0.39, 0.29) is 0 Å². The predicted octanol–water partition coefficient (Wildman–Crippen LogP) is 8.16. The highest BCUT2D eigenvalue weighted by atomic mass is 79.9. The van der Waals surface area contributed by atoms with Crippen LogP contribution in [-0.2, 0) is 0 Å². The van der Waals surface area contributed by atoms with Crippen LogP contribution in [0.3, 0.4) is 0 Å². The van der Waals surface area contributed by atoms with Crippen molar-refractivity contribution in [3.8, 4) is 0 Å². The molecule has 0 unspecified atom stereocenters. The van der Waals surface area contributed by atoms with E-state index in [1.54, 1.807) is 0 Å². The third-order valence-electron chi connectivity index (χ3n) is 2.72. The normalized spacial score (nSPS) is 11.7. The molecule has 0 spiro atoms. The lowest BCUT2D eigenvalue weighted by atomic mass is 10.1. The van der Waals surface area contributed by atoms with Crippen LogP contribution in [-0.4, -0.2) is 0 Å². The SMILES string of the molecule is Brc1cc2oc3c(Br)c(Br)cc(Br)c3c2c(Br)c1Br. The molecule has 3 aromatic rings. The highest BCUT2D eigenvalue weighted by Crippen LogP contribution is 2.47. The van der Waals surface area contributed by atoms with Crippen molar-refractivity contribution in [2.45, 2.75) is 0 Å². The summed E-state index contributed by atoms with van der Waals surface area (Å²) in [7, 11) is 0. The summed E-state index contributed by atoms with van der Waals surface area (Å²) >= 11 is 21.3. The first-order valence-electron chi connectivity index (χ1n) is 4.95. The van der Waals surface area contributed by atoms with Gasteiger partial charge in [0.25, 0.3) is 0 Å². The Kier molecular flexibility index (Phi) is 4.27. The van der Waals surface area contributed by atoms with Gasteiger partial charge in [-0.25, -0.2) is 0 Å². The Morgan fingerprint density at radius 2 is 1.26 bits per heavy atom. The van der Waals surface area contributed by atoms with Gasteiger partial charge < -0.3 is 4.42 Å². The van der Waals surface area contributed by atoms with Crippen LogP contribution in [0.1, 0.15) is 0 Å². The highest BCUT2D eigenvalue weighted by molar-refractivity contribution is 9.14. The fraction of sp³-hybridized carbons (Fsp3) is 0. The van der Waals surface area contributed by atoms with Gasteiger partial charge in [0.1, 0.15) is 5.58 Å². The van der Waals surface area contributed by atoms with E-state index >= 15 is 0 Å². The molecule has 98 valence electrons.